The Morgan fingerprint density at radius 2 is 1.52 bits per heavy atom. The molecule has 0 aliphatic carbocycles. The second-order valence-electron chi connectivity index (χ2n) is 4.98. The summed E-state index contributed by atoms with van der Waals surface area (Å²) in [7, 11) is 0. The van der Waals surface area contributed by atoms with Gasteiger partial charge >= 0.3 is 0 Å². The number of para-hydroxylation sites is 2. The van der Waals surface area contributed by atoms with E-state index in [9.17, 15) is 8.78 Å². The van der Waals surface area contributed by atoms with Crippen molar-refractivity contribution in [3.8, 4) is 22.7 Å². The molecule has 0 unspecified atom stereocenters. The largest absolute Gasteiger partial charge is 0.436 e. The van der Waals surface area contributed by atoms with Gasteiger partial charge in [0.15, 0.2) is 5.58 Å². The van der Waals surface area contributed by atoms with Crippen molar-refractivity contribution in [1.29, 1.82) is 0 Å². The number of oxazole rings is 1. The molecule has 0 saturated heterocycles. The molecule has 112 valence electrons. The zero-order chi connectivity index (χ0) is 15.8. The molecule has 0 aliphatic rings. The monoisotopic (exact) mass is 308 g/mol. The smallest absolute Gasteiger partial charge is 0.231 e. The van der Waals surface area contributed by atoms with Gasteiger partial charge in [0.25, 0.3) is 0 Å². The van der Waals surface area contributed by atoms with Gasteiger partial charge in [-0.15, -0.1) is 0 Å². The second kappa shape index (κ2) is 5.28. The van der Waals surface area contributed by atoms with Gasteiger partial charge in [-0.25, -0.2) is 13.8 Å². The first-order valence-corrected chi connectivity index (χ1v) is 6.99. The first kappa shape index (κ1) is 13.6. The summed E-state index contributed by atoms with van der Waals surface area (Å²) in [6, 6.07) is 14.2. The molecule has 2 heterocycles. The number of fused-ring (bicyclic) bond motifs is 1. The SMILES string of the molecule is Fc1ccc(F)c(-c2nc3ccccc3o2)c1-c1ccccn1. The van der Waals surface area contributed by atoms with Crippen LogP contribution < -0.4 is 0 Å². The van der Waals surface area contributed by atoms with Gasteiger partial charge in [-0.2, -0.15) is 0 Å². The van der Waals surface area contributed by atoms with Crippen LogP contribution in [0.2, 0.25) is 0 Å². The number of rotatable bonds is 2. The lowest BCUT2D eigenvalue weighted by Gasteiger charge is -2.08. The fourth-order valence-corrected chi connectivity index (χ4v) is 2.50. The topological polar surface area (TPSA) is 38.9 Å². The summed E-state index contributed by atoms with van der Waals surface area (Å²) in [6.45, 7) is 0. The Morgan fingerprint density at radius 1 is 0.783 bits per heavy atom. The highest BCUT2D eigenvalue weighted by Crippen LogP contribution is 2.36. The van der Waals surface area contributed by atoms with Crippen LogP contribution in [-0.2, 0) is 0 Å². The number of pyridine rings is 1. The van der Waals surface area contributed by atoms with E-state index in [2.05, 4.69) is 9.97 Å². The number of halogens is 2. The maximum absolute atomic E-state index is 14.4. The summed E-state index contributed by atoms with van der Waals surface area (Å²) in [5, 5.41) is 0. The summed E-state index contributed by atoms with van der Waals surface area (Å²) < 4.78 is 34.4. The normalized spacial score (nSPS) is 11.0. The van der Waals surface area contributed by atoms with Crippen molar-refractivity contribution in [3.05, 3.63) is 72.4 Å². The van der Waals surface area contributed by atoms with Crippen molar-refractivity contribution in [2.45, 2.75) is 0 Å². The van der Waals surface area contributed by atoms with Crippen molar-refractivity contribution in [2.75, 3.05) is 0 Å². The van der Waals surface area contributed by atoms with Gasteiger partial charge in [0, 0.05) is 6.20 Å². The van der Waals surface area contributed by atoms with Crippen LogP contribution in [0.15, 0.2) is 65.2 Å². The lowest BCUT2D eigenvalue weighted by atomic mass is 10.0. The Kier molecular flexibility index (Phi) is 3.12. The van der Waals surface area contributed by atoms with Crippen LogP contribution >= 0.6 is 0 Å². The first-order valence-electron chi connectivity index (χ1n) is 6.99. The van der Waals surface area contributed by atoms with E-state index >= 15 is 0 Å². The molecule has 2 aromatic heterocycles. The molecule has 0 spiro atoms. The molecule has 0 atom stereocenters. The van der Waals surface area contributed by atoms with E-state index in [1.165, 1.54) is 6.20 Å². The number of hydrogen-bond donors (Lipinski definition) is 0. The fourth-order valence-electron chi connectivity index (χ4n) is 2.50. The van der Waals surface area contributed by atoms with Crippen molar-refractivity contribution in [1.82, 2.24) is 9.97 Å². The molecule has 0 saturated carbocycles. The third-order valence-corrected chi connectivity index (χ3v) is 3.53. The highest BCUT2D eigenvalue weighted by molar-refractivity contribution is 5.83. The average molecular weight is 308 g/mol. The predicted octanol–water partition coefficient (Wildman–Crippen LogP) is 4.84. The van der Waals surface area contributed by atoms with Crippen LogP contribution in [0.25, 0.3) is 33.8 Å². The van der Waals surface area contributed by atoms with E-state index in [-0.39, 0.29) is 17.0 Å². The Hall–Kier alpha value is -3.08. The highest BCUT2D eigenvalue weighted by atomic mass is 19.1. The molecule has 0 fully saturated rings. The van der Waals surface area contributed by atoms with Gasteiger partial charge in [-0.3, -0.25) is 4.98 Å². The van der Waals surface area contributed by atoms with Crippen LogP contribution in [0.1, 0.15) is 0 Å². The summed E-state index contributed by atoms with van der Waals surface area (Å²) in [5.41, 5.74) is 1.43. The molecule has 0 aliphatic heterocycles. The third-order valence-electron chi connectivity index (χ3n) is 3.53. The van der Waals surface area contributed by atoms with Crippen LogP contribution in [0.4, 0.5) is 8.78 Å². The lowest BCUT2D eigenvalue weighted by Crippen LogP contribution is -1.95. The van der Waals surface area contributed by atoms with Crippen molar-refractivity contribution in [3.63, 3.8) is 0 Å². The van der Waals surface area contributed by atoms with Gasteiger partial charge < -0.3 is 4.42 Å². The van der Waals surface area contributed by atoms with Crippen molar-refractivity contribution in [2.24, 2.45) is 0 Å². The molecule has 3 nitrogen and oxygen atoms in total. The van der Waals surface area contributed by atoms with Gasteiger partial charge in [0.05, 0.1) is 16.8 Å². The minimum atomic E-state index is -0.612. The second-order valence-corrected chi connectivity index (χ2v) is 4.98. The van der Waals surface area contributed by atoms with E-state index in [1.807, 2.05) is 0 Å². The van der Waals surface area contributed by atoms with Crippen LogP contribution in [0.3, 0.4) is 0 Å². The molecule has 4 aromatic rings. The van der Waals surface area contributed by atoms with Gasteiger partial charge in [0.2, 0.25) is 5.89 Å². The van der Waals surface area contributed by atoms with E-state index in [1.54, 1.807) is 42.5 Å². The van der Waals surface area contributed by atoms with Crippen molar-refractivity contribution >= 4 is 11.1 Å². The van der Waals surface area contributed by atoms with E-state index < -0.39 is 11.6 Å². The van der Waals surface area contributed by atoms with E-state index in [0.29, 0.717) is 16.8 Å². The molecule has 5 heteroatoms. The Labute approximate surface area is 130 Å². The number of hydrogen-bond acceptors (Lipinski definition) is 3. The summed E-state index contributed by atoms with van der Waals surface area (Å²) >= 11 is 0. The summed E-state index contributed by atoms with van der Waals surface area (Å²) in [5.74, 6) is -1.16. The molecular weight excluding hydrogens is 298 g/mol. The van der Waals surface area contributed by atoms with E-state index in [0.717, 1.165) is 12.1 Å². The third kappa shape index (κ3) is 2.26. The van der Waals surface area contributed by atoms with Crippen LogP contribution in [-0.4, -0.2) is 9.97 Å². The van der Waals surface area contributed by atoms with Crippen LogP contribution in [0.5, 0.6) is 0 Å². The summed E-state index contributed by atoms with van der Waals surface area (Å²) in [6.07, 6.45) is 1.52. The quantitative estimate of drug-likeness (QED) is 0.532. The standard InChI is InChI=1S/C18H10F2N2O/c19-11-8-9-12(20)17(16(11)14-6-3-4-10-21-14)18-22-13-5-1-2-7-15(13)23-18/h1-10H. The average Bonchev–Trinajstić information content (AvgIpc) is 3.01. The predicted molar refractivity (Wildman–Crippen MR) is 82.6 cm³/mol. The zero-order valence-corrected chi connectivity index (χ0v) is 11.8. The number of benzene rings is 2. The fraction of sp³-hybridized carbons (Fsp3) is 0. The Morgan fingerprint density at radius 3 is 2.26 bits per heavy atom. The van der Waals surface area contributed by atoms with E-state index in [4.69, 9.17) is 4.42 Å². The van der Waals surface area contributed by atoms with Gasteiger partial charge in [0.1, 0.15) is 17.2 Å². The minimum absolute atomic E-state index is 0.0279. The Bertz CT molecular complexity index is 964. The number of nitrogens with zero attached hydrogens (tertiary/aromatic N) is 2. The van der Waals surface area contributed by atoms with Crippen molar-refractivity contribution < 1.29 is 13.2 Å². The molecule has 0 radical (unpaired) electrons. The maximum Gasteiger partial charge on any atom is 0.231 e. The molecule has 4 rings (SSSR count). The lowest BCUT2D eigenvalue weighted by molar-refractivity contribution is 0.582. The highest BCUT2D eigenvalue weighted by Gasteiger charge is 2.22. The molecule has 0 amide bonds. The maximum atomic E-state index is 14.4. The molecule has 0 bridgehead atoms. The molecular formula is C18H10F2N2O. The zero-order valence-electron chi connectivity index (χ0n) is 11.8. The minimum Gasteiger partial charge on any atom is -0.436 e. The summed E-state index contributed by atoms with van der Waals surface area (Å²) in [4.78, 5) is 8.38. The first-order chi connectivity index (χ1) is 11.2. The number of aromatic nitrogens is 2. The Balaban J connectivity index is 2.03. The van der Waals surface area contributed by atoms with Gasteiger partial charge in [-0.05, 0) is 36.4 Å². The molecule has 2 aromatic carbocycles. The van der Waals surface area contributed by atoms with Gasteiger partial charge in [-0.1, -0.05) is 18.2 Å². The molecule has 23 heavy (non-hydrogen) atoms. The molecule has 0 N–H and O–H groups in total. The van der Waals surface area contributed by atoms with Crippen LogP contribution in [0, 0.1) is 11.6 Å².